The van der Waals surface area contributed by atoms with Crippen LogP contribution in [0.15, 0.2) is 36.4 Å². The molecule has 0 aliphatic carbocycles. The van der Waals surface area contributed by atoms with Gasteiger partial charge in [0.2, 0.25) is 0 Å². The lowest BCUT2D eigenvalue weighted by Crippen LogP contribution is -2.14. The van der Waals surface area contributed by atoms with E-state index in [-0.39, 0.29) is 10.9 Å². The number of rotatable bonds is 3. The molecular formula is C14H11Cl2FN2O. The van der Waals surface area contributed by atoms with Crippen molar-refractivity contribution in [2.45, 2.75) is 0 Å². The predicted octanol–water partition coefficient (Wildman–Crippen LogP) is 4.43. The maximum Gasteiger partial charge on any atom is 0.257 e. The Hall–Kier alpha value is -1.78. The van der Waals surface area contributed by atoms with Gasteiger partial charge >= 0.3 is 0 Å². The molecule has 0 aliphatic rings. The summed E-state index contributed by atoms with van der Waals surface area (Å²) in [6.45, 7) is 0. The van der Waals surface area contributed by atoms with E-state index in [9.17, 15) is 9.18 Å². The molecule has 0 radical (unpaired) electrons. The third-order valence-electron chi connectivity index (χ3n) is 2.67. The smallest absolute Gasteiger partial charge is 0.257 e. The molecule has 1 amide bonds. The molecule has 0 unspecified atom stereocenters. The van der Waals surface area contributed by atoms with Crippen molar-refractivity contribution in [2.24, 2.45) is 0 Å². The average Bonchev–Trinajstić information content (AvgIpc) is 2.43. The van der Waals surface area contributed by atoms with E-state index in [1.165, 1.54) is 18.2 Å². The topological polar surface area (TPSA) is 41.1 Å². The molecule has 0 bridgehead atoms. The zero-order valence-corrected chi connectivity index (χ0v) is 12.0. The molecule has 0 spiro atoms. The van der Waals surface area contributed by atoms with Crippen LogP contribution in [0.4, 0.5) is 15.8 Å². The third-order valence-corrected chi connectivity index (χ3v) is 3.20. The second kappa shape index (κ2) is 6.11. The van der Waals surface area contributed by atoms with Gasteiger partial charge in [0, 0.05) is 23.4 Å². The van der Waals surface area contributed by atoms with Crippen LogP contribution in [0.1, 0.15) is 10.4 Å². The Bertz CT molecular complexity index is 662. The van der Waals surface area contributed by atoms with Crippen LogP contribution in [-0.2, 0) is 0 Å². The van der Waals surface area contributed by atoms with Gasteiger partial charge in [0.05, 0.1) is 10.6 Å². The van der Waals surface area contributed by atoms with Gasteiger partial charge in [-0.1, -0.05) is 23.2 Å². The highest BCUT2D eigenvalue weighted by atomic mass is 35.5. The number of amides is 1. The molecule has 0 aromatic heterocycles. The highest BCUT2D eigenvalue weighted by molar-refractivity contribution is 6.31. The van der Waals surface area contributed by atoms with Gasteiger partial charge < -0.3 is 10.6 Å². The minimum atomic E-state index is -0.539. The molecule has 2 rings (SSSR count). The number of benzene rings is 2. The summed E-state index contributed by atoms with van der Waals surface area (Å²) in [7, 11) is 1.70. The molecule has 0 saturated heterocycles. The van der Waals surface area contributed by atoms with Crippen molar-refractivity contribution in [3.05, 3.63) is 57.8 Å². The molecule has 2 N–H and O–H groups in total. The first kappa shape index (κ1) is 14.6. The van der Waals surface area contributed by atoms with Crippen LogP contribution in [0.5, 0.6) is 0 Å². The highest BCUT2D eigenvalue weighted by Crippen LogP contribution is 2.23. The van der Waals surface area contributed by atoms with E-state index < -0.39 is 5.82 Å². The van der Waals surface area contributed by atoms with Crippen molar-refractivity contribution in [2.75, 3.05) is 17.7 Å². The number of carbonyl (C=O) groups excluding carboxylic acids is 1. The van der Waals surface area contributed by atoms with Crippen molar-refractivity contribution >= 4 is 40.5 Å². The fourth-order valence-corrected chi connectivity index (χ4v) is 2.05. The summed E-state index contributed by atoms with van der Waals surface area (Å²) >= 11 is 11.6. The van der Waals surface area contributed by atoms with Crippen LogP contribution in [-0.4, -0.2) is 13.0 Å². The van der Waals surface area contributed by atoms with E-state index in [0.717, 1.165) is 0 Å². The molecule has 20 heavy (non-hydrogen) atoms. The monoisotopic (exact) mass is 312 g/mol. The molecule has 0 fully saturated rings. The molecule has 2 aromatic carbocycles. The second-order valence-electron chi connectivity index (χ2n) is 4.02. The number of hydrogen-bond donors (Lipinski definition) is 2. The highest BCUT2D eigenvalue weighted by Gasteiger charge is 2.12. The lowest BCUT2D eigenvalue weighted by atomic mass is 10.1. The summed E-state index contributed by atoms with van der Waals surface area (Å²) in [5.74, 6) is -0.900. The standard InChI is InChI=1S/C14H11Cl2FN2O/c1-18-13-5-2-8(15)6-10(13)14(20)19-9-3-4-12(17)11(16)7-9/h2-7,18H,1H3,(H,19,20). The molecular weight excluding hydrogens is 302 g/mol. The summed E-state index contributed by atoms with van der Waals surface area (Å²) in [6.07, 6.45) is 0. The fourth-order valence-electron chi connectivity index (χ4n) is 1.69. The van der Waals surface area contributed by atoms with Gasteiger partial charge in [-0.2, -0.15) is 0 Å². The molecule has 0 saturated carbocycles. The van der Waals surface area contributed by atoms with Crippen LogP contribution in [0.25, 0.3) is 0 Å². The largest absolute Gasteiger partial charge is 0.387 e. The average molecular weight is 313 g/mol. The van der Waals surface area contributed by atoms with Crippen LogP contribution < -0.4 is 10.6 Å². The summed E-state index contributed by atoms with van der Waals surface area (Å²) in [5, 5.41) is 5.94. The second-order valence-corrected chi connectivity index (χ2v) is 4.87. The number of nitrogens with one attached hydrogen (secondary N) is 2. The Morgan fingerprint density at radius 2 is 1.90 bits per heavy atom. The normalized spacial score (nSPS) is 10.2. The first-order valence-electron chi connectivity index (χ1n) is 5.75. The SMILES string of the molecule is CNc1ccc(Cl)cc1C(=O)Nc1ccc(F)c(Cl)c1. The number of halogens is 3. The van der Waals surface area contributed by atoms with Gasteiger partial charge in [-0.3, -0.25) is 4.79 Å². The summed E-state index contributed by atoms with van der Waals surface area (Å²) < 4.78 is 13.1. The van der Waals surface area contributed by atoms with Gasteiger partial charge in [0.25, 0.3) is 5.91 Å². The molecule has 2 aromatic rings. The molecule has 3 nitrogen and oxygen atoms in total. The molecule has 0 atom stereocenters. The van der Waals surface area contributed by atoms with Crippen molar-refractivity contribution < 1.29 is 9.18 Å². The summed E-state index contributed by atoms with van der Waals surface area (Å²) in [4.78, 5) is 12.2. The maximum absolute atomic E-state index is 13.1. The Kier molecular flexibility index (Phi) is 4.47. The van der Waals surface area contributed by atoms with Crippen LogP contribution >= 0.6 is 23.2 Å². The van der Waals surface area contributed by atoms with Crippen molar-refractivity contribution in [3.8, 4) is 0 Å². The first-order valence-corrected chi connectivity index (χ1v) is 6.50. The van der Waals surface area contributed by atoms with Crippen molar-refractivity contribution in [3.63, 3.8) is 0 Å². The van der Waals surface area contributed by atoms with Crippen LogP contribution in [0.3, 0.4) is 0 Å². The molecule has 0 aliphatic heterocycles. The zero-order chi connectivity index (χ0) is 14.7. The first-order chi connectivity index (χ1) is 9.51. The van der Waals surface area contributed by atoms with E-state index in [0.29, 0.717) is 22.0 Å². The Morgan fingerprint density at radius 1 is 1.15 bits per heavy atom. The van der Waals surface area contributed by atoms with E-state index in [4.69, 9.17) is 23.2 Å². The van der Waals surface area contributed by atoms with E-state index in [1.54, 1.807) is 25.2 Å². The Morgan fingerprint density at radius 3 is 2.55 bits per heavy atom. The molecule has 0 heterocycles. The van der Waals surface area contributed by atoms with Gasteiger partial charge in [-0.05, 0) is 36.4 Å². The lowest BCUT2D eigenvalue weighted by Gasteiger charge is -2.10. The minimum absolute atomic E-state index is 0.0530. The van der Waals surface area contributed by atoms with E-state index in [2.05, 4.69) is 10.6 Å². The van der Waals surface area contributed by atoms with E-state index >= 15 is 0 Å². The van der Waals surface area contributed by atoms with E-state index in [1.807, 2.05) is 0 Å². The Labute approximate surface area is 125 Å². The zero-order valence-electron chi connectivity index (χ0n) is 10.5. The maximum atomic E-state index is 13.1. The quantitative estimate of drug-likeness (QED) is 0.880. The Balaban J connectivity index is 2.27. The lowest BCUT2D eigenvalue weighted by molar-refractivity contribution is 0.102. The summed E-state index contributed by atoms with van der Waals surface area (Å²) in [6, 6.07) is 8.90. The number of anilines is 2. The summed E-state index contributed by atoms with van der Waals surface area (Å²) in [5.41, 5.74) is 1.43. The van der Waals surface area contributed by atoms with Crippen LogP contribution in [0.2, 0.25) is 10.0 Å². The predicted molar refractivity (Wildman–Crippen MR) is 80.4 cm³/mol. The van der Waals surface area contributed by atoms with Crippen molar-refractivity contribution in [1.82, 2.24) is 0 Å². The van der Waals surface area contributed by atoms with Gasteiger partial charge in [-0.25, -0.2) is 4.39 Å². The number of carbonyl (C=O) groups is 1. The van der Waals surface area contributed by atoms with Crippen molar-refractivity contribution in [1.29, 1.82) is 0 Å². The van der Waals surface area contributed by atoms with Crippen LogP contribution in [0, 0.1) is 5.82 Å². The fraction of sp³-hybridized carbons (Fsp3) is 0.0714. The minimum Gasteiger partial charge on any atom is -0.387 e. The molecule has 6 heteroatoms. The van der Waals surface area contributed by atoms with Gasteiger partial charge in [0.15, 0.2) is 0 Å². The van der Waals surface area contributed by atoms with Gasteiger partial charge in [0.1, 0.15) is 5.82 Å². The molecule has 104 valence electrons. The van der Waals surface area contributed by atoms with Gasteiger partial charge in [-0.15, -0.1) is 0 Å². The third kappa shape index (κ3) is 3.21. The number of hydrogen-bond acceptors (Lipinski definition) is 2.